The highest BCUT2D eigenvalue weighted by Crippen LogP contribution is 2.26. The summed E-state index contributed by atoms with van der Waals surface area (Å²) in [5.74, 6) is -0.245. The number of aliphatic imine (C=N–C) groups is 2. The average molecular weight is 469 g/mol. The SMILES string of the molecule is CC1=CCC(OCC(O)CO)=NC(NC(=O)c2cnc3ccc(-c4ccccc4Cl)nn23)=N1. The van der Waals surface area contributed by atoms with Gasteiger partial charge in [0, 0.05) is 17.7 Å². The zero-order valence-electron chi connectivity index (χ0n) is 17.6. The highest BCUT2D eigenvalue weighted by molar-refractivity contribution is 6.33. The number of rotatable bonds is 5. The van der Waals surface area contributed by atoms with Crippen molar-refractivity contribution in [3.63, 3.8) is 0 Å². The normalized spacial score (nSPS) is 14.7. The number of benzene rings is 1. The second-order valence-corrected chi connectivity index (χ2v) is 7.61. The Morgan fingerprint density at radius 2 is 2.09 bits per heavy atom. The van der Waals surface area contributed by atoms with Gasteiger partial charge in [0.25, 0.3) is 5.91 Å². The molecule has 3 heterocycles. The number of carbonyl (C=O) groups excluding carboxylic acids is 1. The molecule has 170 valence electrons. The summed E-state index contributed by atoms with van der Waals surface area (Å²) in [5, 5.41) is 26.2. The Hall–Kier alpha value is -3.60. The van der Waals surface area contributed by atoms with Crippen molar-refractivity contribution in [3.05, 3.63) is 65.1 Å². The van der Waals surface area contributed by atoms with Gasteiger partial charge in [-0.25, -0.2) is 14.5 Å². The van der Waals surface area contributed by atoms with Crippen molar-refractivity contribution in [1.82, 2.24) is 19.9 Å². The first kappa shape index (κ1) is 22.6. The second kappa shape index (κ2) is 9.90. The van der Waals surface area contributed by atoms with Gasteiger partial charge < -0.3 is 14.9 Å². The van der Waals surface area contributed by atoms with Gasteiger partial charge in [-0.3, -0.25) is 10.1 Å². The third-order valence-corrected chi connectivity index (χ3v) is 5.04. The summed E-state index contributed by atoms with van der Waals surface area (Å²) in [4.78, 5) is 25.8. The maximum atomic E-state index is 13.0. The van der Waals surface area contributed by atoms with Crippen molar-refractivity contribution in [1.29, 1.82) is 0 Å². The lowest BCUT2D eigenvalue weighted by atomic mass is 10.1. The van der Waals surface area contributed by atoms with Crippen LogP contribution in [-0.2, 0) is 4.74 Å². The number of guanidine groups is 1. The molecule has 1 unspecified atom stereocenters. The van der Waals surface area contributed by atoms with E-state index >= 15 is 0 Å². The number of halogens is 1. The van der Waals surface area contributed by atoms with Gasteiger partial charge in [0.15, 0.2) is 17.2 Å². The minimum Gasteiger partial charge on any atom is -0.478 e. The number of aliphatic hydroxyl groups excluding tert-OH is 2. The summed E-state index contributed by atoms with van der Waals surface area (Å²) in [6, 6.07) is 10.8. The summed E-state index contributed by atoms with van der Waals surface area (Å²) in [7, 11) is 0. The minimum atomic E-state index is -1.03. The van der Waals surface area contributed by atoms with E-state index in [1.54, 1.807) is 31.2 Å². The van der Waals surface area contributed by atoms with Gasteiger partial charge in [-0.1, -0.05) is 35.9 Å². The molecule has 3 aromatic rings. The van der Waals surface area contributed by atoms with E-state index in [1.165, 1.54) is 10.7 Å². The quantitative estimate of drug-likeness (QED) is 0.525. The van der Waals surface area contributed by atoms with Gasteiger partial charge in [0.2, 0.25) is 5.96 Å². The Bertz CT molecular complexity index is 1280. The van der Waals surface area contributed by atoms with E-state index in [1.807, 2.05) is 18.2 Å². The van der Waals surface area contributed by atoms with Gasteiger partial charge >= 0.3 is 0 Å². The number of fused-ring (bicyclic) bond motifs is 1. The highest BCUT2D eigenvalue weighted by Gasteiger charge is 2.18. The van der Waals surface area contributed by atoms with Crippen LogP contribution >= 0.6 is 11.6 Å². The molecule has 0 aliphatic carbocycles. The number of nitrogens with zero attached hydrogens (tertiary/aromatic N) is 5. The van der Waals surface area contributed by atoms with Crippen LogP contribution in [0.3, 0.4) is 0 Å². The van der Waals surface area contributed by atoms with E-state index in [0.717, 1.165) is 5.56 Å². The van der Waals surface area contributed by atoms with Crippen molar-refractivity contribution >= 4 is 35.0 Å². The van der Waals surface area contributed by atoms with Gasteiger partial charge in [-0.15, -0.1) is 0 Å². The molecular formula is C22H21ClN6O4. The monoisotopic (exact) mass is 468 g/mol. The number of imidazole rings is 1. The van der Waals surface area contributed by atoms with E-state index in [-0.39, 0.29) is 24.2 Å². The van der Waals surface area contributed by atoms with Gasteiger partial charge in [0.1, 0.15) is 12.7 Å². The van der Waals surface area contributed by atoms with Crippen LogP contribution in [0.1, 0.15) is 23.8 Å². The lowest BCUT2D eigenvalue weighted by molar-refractivity contribution is 0.0490. The number of ether oxygens (including phenoxy) is 1. The minimum absolute atomic E-state index is 0.0250. The topological polar surface area (TPSA) is 134 Å². The van der Waals surface area contributed by atoms with E-state index < -0.39 is 18.6 Å². The molecule has 4 rings (SSSR count). The van der Waals surface area contributed by atoms with Crippen LogP contribution in [0, 0.1) is 0 Å². The summed E-state index contributed by atoms with van der Waals surface area (Å²) in [5.41, 5.74) is 2.61. The molecule has 1 aliphatic heterocycles. The van der Waals surface area contributed by atoms with Crippen molar-refractivity contribution in [2.75, 3.05) is 13.2 Å². The van der Waals surface area contributed by atoms with Crippen LogP contribution in [0.25, 0.3) is 16.9 Å². The van der Waals surface area contributed by atoms with Crippen molar-refractivity contribution in [2.45, 2.75) is 19.4 Å². The molecule has 1 aromatic carbocycles. The number of allylic oxidation sites excluding steroid dienone is 1. The molecule has 11 heteroatoms. The fourth-order valence-corrected chi connectivity index (χ4v) is 3.27. The molecule has 1 atom stereocenters. The molecule has 1 aliphatic rings. The van der Waals surface area contributed by atoms with Crippen LogP contribution in [0.2, 0.25) is 5.02 Å². The van der Waals surface area contributed by atoms with E-state index in [2.05, 4.69) is 25.4 Å². The number of aromatic nitrogens is 3. The Morgan fingerprint density at radius 1 is 1.27 bits per heavy atom. The maximum Gasteiger partial charge on any atom is 0.278 e. The molecular weight excluding hydrogens is 448 g/mol. The molecule has 0 fully saturated rings. The van der Waals surface area contributed by atoms with Gasteiger partial charge in [0.05, 0.1) is 23.5 Å². The van der Waals surface area contributed by atoms with E-state index in [9.17, 15) is 9.90 Å². The third-order valence-electron chi connectivity index (χ3n) is 4.71. The van der Waals surface area contributed by atoms with Crippen LogP contribution in [0.15, 0.2) is 64.4 Å². The van der Waals surface area contributed by atoms with Crippen molar-refractivity contribution in [2.24, 2.45) is 9.98 Å². The van der Waals surface area contributed by atoms with Gasteiger partial charge in [-0.05, 0) is 25.1 Å². The highest BCUT2D eigenvalue weighted by atomic mass is 35.5. The number of hydrogen-bond donors (Lipinski definition) is 3. The van der Waals surface area contributed by atoms with Crippen LogP contribution in [0.4, 0.5) is 0 Å². The molecule has 10 nitrogen and oxygen atoms in total. The first-order valence-electron chi connectivity index (χ1n) is 10.1. The predicted octanol–water partition coefficient (Wildman–Crippen LogP) is 2.21. The number of nitrogens with one attached hydrogen (secondary N) is 1. The summed E-state index contributed by atoms with van der Waals surface area (Å²) in [6.45, 7) is 1.20. The number of aliphatic hydroxyl groups is 2. The van der Waals surface area contributed by atoms with E-state index in [0.29, 0.717) is 28.5 Å². The number of amides is 1. The molecule has 0 spiro atoms. The fourth-order valence-electron chi connectivity index (χ4n) is 3.03. The van der Waals surface area contributed by atoms with Crippen LogP contribution in [-0.4, -0.2) is 61.9 Å². The molecule has 33 heavy (non-hydrogen) atoms. The second-order valence-electron chi connectivity index (χ2n) is 7.20. The summed E-state index contributed by atoms with van der Waals surface area (Å²) < 4.78 is 6.86. The fraction of sp³-hybridized carbons (Fsp3) is 0.227. The molecule has 0 bridgehead atoms. The Balaban J connectivity index is 1.60. The van der Waals surface area contributed by atoms with E-state index in [4.69, 9.17) is 21.4 Å². The number of carbonyl (C=O) groups is 1. The molecule has 3 N–H and O–H groups in total. The molecule has 0 radical (unpaired) electrons. The molecule has 0 saturated heterocycles. The summed E-state index contributed by atoms with van der Waals surface area (Å²) in [6.07, 6.45) is 2.47. The number of hydrogen-bond acceptors (Lipinski definition) is 8. The maximum absolute atomic E-state index is 13.0. The third kappa shape index (κ3) is 5.25. The zero-order valence-corrected chi connectivity index (χ0v) is 18.4. The largest absolute Gasteiger partial charge is 0.478 e. The lowest BCUT2D eigenvalue weighted by Crippen LogP contribution is -2.31. The first-order chi connectivity index (χ1) is 15.9. The lowest BCUT2D eigenvalue weighted by Gasteiger charge is -2.11. The smallest absolute Gasteiger partial charge is 0.278 e. The first-order valence-corrected chi connectivity index (χ1v) is 10.5. The van der Waals surface area contributed by atoms with Crippen molar-refractivity contribution < 1.29 is 19.7 Å². The van der Waals surface area contributed by atoms with Crippen LogP contribution < -0.4 is 5.32 Å². The van der Waals surface area contributed by atoms with Crippen molar-refractivity contribution in [3.8, 4) is 11.3 Å². The Kier molecular flexibility index (Phi) is 6.78. The average Bonchev–Trinajstić information content (AvgIpc) is 3.15. The molecule has 0 saturated carbocycles. The predicted molar refractivity (Wildman–Crippen MR) is 123 cm³/mol. The molecule has 1 amide bonds. The Labute approximate surface area is 193 Å². The molecule has 2 aromatic heterocycles. The zero-order chi connectivity index (χ0) is 23.4. The van der Waals surface area contributed by atoms with Crippen LogP contribution in [0.5, 0.6) is 0 Å². The summed E-state index contributed by atoms with van der Waals surface area (Å²) >= 11 is 6.29. The standard InChI is InChI=1S/C22H21ClN6O4/c1-13-6-9-20(33-12-14(31)11-30)26-22(25-13)27-21(32)18-10-24-19-8-7-17(28-29(18)19)15-4-2-3-5-16(15)23/h2-8,10,14,30-31H,9,11-12H2,1H3,(H,25,27,32). The van der Waals surface area contributed by atoms with Gasteiger partial charge in [-0.2, -0.15) is 10.1 Å². The Morgan fingerprint density at radius 3 is 2.88 bits per heavy atom.